The van der Waals surface area contributed by atoms with Crippen molar-refractivity contribution in [2.45, 2.75) is 64.3 Å². The fourth-order valence-corrected chi connectivity index (χ4v) is 7.31. The van der Waals surface area contributed by atoms with Gasteiger partial charge in [-0.15, -0.1) is 0 Å². The van der Waals surface area contributed by atoms with Crippen LogP contribution in [0.2, 0.25) is 15.1 Å². The van der Waals surface area contributed by atoms with E-state index >= 15 is 0 Å². The van der Waals surface area contributed by atoms with Crippen LogP contribution in [0.4, 0.5) is 0 Å². The van der Waals surface area contributed by atoms with Gasteiger partial charge in [-0.3, -0.25) is 14.7 Å². The van der Waals surface area contributed by atoms with E-state index in [1.165, 1.54) is 5.56 Å². The van der Waals surface area contributed by atoms with Crippen LogP contribution in [0.1, 0.15) is 49.8 Å². The molecule has 4 aromatic rings. The molecular formula is C37H40Cl3N5O3. The van der Waals surface area contributed by atoms with Crippen LogP contribution in [0, 0.1) is 0 Å². The molecule has 252 valence electrons. The summed E-state index contributed by atoms with van der Waals surface area (Å²) in [5, 5.41) is 18.2. The number of hydrogen-bond acceptors (Lipinski definition) is 7. The second-order valence-corrected chi connectivity index (χ2v) is 14.3. The van der Waals surface area contributed by atoms with Crippen LogP contribution >= 0.6 is 34.8 Å². The molecule has 0 spiro atoms. The third kappa shape index (κ3) is 7.80. The largest absolute Gasteiger partial charge is 0.481 e. The van der Waals surface area contributed by atoms with E-state index in [-0.39, 0.29) is 11.9 Å². The molecule has 11 heteroatoms. The molecule has 8 nitrogen and oxygen atoms in total. The number of nitrogens with zero attached hydrogens (tertiary/aromatic N) is 3. The van der Waals surface area contributed by atoms with Crippen molar-refractivity contribution in [2.24, 2.45) is 0 Å². The molecule has 0 bridgehead atoms. The van der Waals surface area contributed by atoms with E-state index in [4.69, 9.17) is 44.5 Å². The zero-order chi connectivity index (χ0) is 34.0. The molecule has 2 aliphatic rings. The molecule has 2 aromatic carbocycles. The zero-order valence-electron chi connectivity index (χ0n) is 27.4. The molecule has 1 saturated heterocycles. The predicted octanol–water partition coefficient (Wildman–Crippen LogP) is 7.33. The van der Waals surface area contributed by atoms with Gasteiger partial charge in [0, 0.05) is 84.2 Å². The zero-order valence-corrected chi connectivity index (χ0v) is 29.6. The number of fused-ring (bicyclic) bond motifs is 1. The van der Waals surface area contributed by atoms with Crippen molar-refractivity contribution < 1.29 is 14.6 Å². The van der Waals surface area contributed by atoms with Crippen molar-refractivity contribution in [1.29, 1.82) is 0 Å². The normalized spacial score (nSPS) is 16.6. The van der Waals surface area contributed by atoms with E-state index in [1.54, 1.807) is 13.3 Å². The van der Waals surface area contributed by atoms with Crippen molar-refractivity contribution >= 4 is 40.7 Å². The number of methoxy groups -OCH3 is 1. The lowest BCUT2D eigenvalue weighted by molar-refractivity contribution is -0.119. The number of aromatic nitrogens is 2. The van der Waals surface area contributed by atoms with E-state index in [0.717, 1.165) is 65.9 Å². The van der Waals surface area contributed by atoms with Gasteiger partial charge in [-0.1, -0.05) is 59.1 Å². The van der Waals surface area contributed by atoms with Crippen molar-refractivity contribution in [2.75, 3.05) is 26.7 Å². The number of aliphatic hydroxyl groups is 1. The first-order valence-electron chi connectivity index (χ1n) is 16.2. The maximum atomic E-state index is 11.5. The molecule has 0 radical (unpaired) electrons. The van der Waals surface area contributed by atoms with E-state index in [9.17, 15) is 9.90 Å². The first-order valence-corrected chi connectivity index (χ1v) is 17.4. The maximum absolute atomic E-state index is 11.5. The van der Waals surface area contributed by atoms with Gasteiger partial charge in [0.25, 0.3) is 0 Å². The number of hydrogen-bond donors (Lipinski definition) is 3. The third-order valence-corrected chi connectivity index (χ3v) is 10.2. The van der Waals surface area contributed by atoms with Crippen molar-refractivity contribution in [3.63, 3.8) is 0 Å². The summed E-state index contributed by atoms with van der Waals surface area (Å²) < 4.78 is 5.65. The van der Waals surface area contributed by atoms with Crippen molar-refractivity contribution in [1.82, 2.24) is 25.5 Å². The molecular weight excluding hydrogens is 669 g/mol. The molecule has 0 aliphatic carbocycles. The van der Waals surface area contributed by atoms with Gasteiger partial charge in [-0.05, 0) is 68.5 Å². The summed E-state index contributed by atoms with van der Waals surface area (Å²) in [4.78, 5) is 23.3. The number of carbonyl (C=O) groups is 1. The van der Waals surface area contributed by atoms with Crippen LogP contribution in [-0.2, 0) is 24.3 Å². The fraction of sp³-hybridized carbons (Fsp3) is 0.378. The molecule has 1 fully saturated rings. The second-order valence-electron chi connectivity index (χ2n) is 13.2. The average molecular weight is 709 g/mol. The van der Waals surface area contributed by atoms with Crippen LogP contribution in [0.25, 0.3) is 33.6 Å². The van der Waals surface area contributed by atoms with Gasteiger partial charge in [-0.25, -0.2) is 4.98 Å². The highest BCUT2D eigenvalue weighted by molar-refractivity contribution is 6.39. The van der Waals surface area contributed by atoms with Crippen LogP contribution in [-0.4, -0.2) is 64.3 Å². The molecule has 0 saturated carbocycles. The standard InChI is InChI=1S/C37H40Cl3N5O3/c1-37(2,47)13-16-45-15-12-22-17-24(18-30(38)29(22)21-45)35-34(40)27(11-14-42-35)26-5-4-6-28(33(26)39)31-9-7-23(36(44-31)48-3)19-41-20-25-8-10-32(46)43-25/h4-7,9,11,14,17-18,25,41,47H,8,10,12-13,15-16,19-21H2,1-3H3,(H,43,46)/t25-/m0/s1. The van der Waals surface area contributed by atoms with E-state index in [0.29, 0.717) is 58.3 Å². The Morgan fingerprint density at radius 1 is 1.06 bits per heavy atom. The van der Waals surface area contributed by atoms with E-state index in [2.05, 4.69) is 26.6 Å². The van der Waals surface area contributed by atoms with Gasteiger partial charge in [0.05, 0.1) is 34.1 Å². The minimum absolute atomic E-state index is 0.101. The molecule has 2 aliphatic heterocycles. The summed E-state index contributed by atoms with van der Waals surface area (Å²) in [5.74, 6) is 0.606. The smallest absolute Gasteiger partial charge is 0.220 e. The molecule has 48 heavy (non-hydrogen) atoms. The Labute approximate surface area is 296 Å². The van der Waals surface area contributed by atoms with Crippen molar-refractivity contribution in [3.8, 4) is 39.5 Å². The number of pyridine rings is 2. The number of halogens is 3. The highest BCUT2D eigenvalue weighted by Gasteiger charge is 2.24. The molecule has 1 atom stereocenters. The summed E-state index contributed by atoms with van der Waals surface area (Å²) in [5.41, 5.74) is 6.94. The number of ether oxygens (including phenoxy) is 1. The van der Waals surface area contributed by atoms with E-state index < -0.39 is 5.60 Å². The molecule has 2 aromatic heterocycles. The maximum Gasteiger partial charge on any atom is 0.220 e. The minimum atomic E-state index is -0.702. The number of nitrogens with one attached hydrogen (secondary N) is 2. The molecule has 6 rings (SSSR count). The summed E-state index contributed by atoms with van der Waals surface area (Å²) in [7, 11) is 1.60. The highest BCUT2D eigenvalue weighted by atomic mass is 35.5. The molecule has 1 amide bonds. The summed E-state index contributed by atoms with van der Waals surface area (Å²) in [6.07, 6.45) is 4.70. The Bertz CT molecular complexity index is 1830. The lowest BCUT2D eigenvalue weighted by Gasteiger charge is -2.31. The van der Waals surface area contributed by atoms with Crippen LogP contribution in [0.5, 0.6) is 5.88 Å². The van der Waals surface area contributed by atoms with Gasteiger partial charge in [0.15, 0.2) is 0 Å². The summed E-state index contributed by atoms with van der Waals surface area (Å²) >= 11 is 21.1. The van der Waals surface area contributed by atoms with Gasteiger partial charge < -0.3 is 20.5 Å². The molecule has 4 heterocycles. The topological polar surface area (TPSA) is 99.6 Å². The van der Waals surface area contributed by atoms with Gasteiger partial charge >= 0.3 is 0 Å². The highest BCUT2D eigenvalue weighted by Crippen LogP contribution is 2.43. The fourth-order valence-electron chi connectivity index (χ4n) is 6.37. The Morgan fingerprint density at radius 2 is 1.85 bits per heavy atom. The molecule has 3 N–H and O–H groups in total. The molecule has 0 unspecified atom stereocenters. The van der Waals surface area contributed by atoms with Gasteiger partial charge in [-0.2, -0.15) is 0 Å². The Balaban J connectivity index is 1.24. The number of carbonyl (C=O) groups excluding carboxylic acids is 1. The Hall–Kier alpha value is -3.24. The summed E-state index contributed by atoms with van der Waals surface area (Å²) in [6, 6.07) is 15.8. The SMILES string of the molecule is COc1nc(-c2cccc(-c3ccnc(-c4cc(Cl)c5c(c4)CCN(CCC(C)(C)O)C5)c3Cl)c2Cl)ccc1CNC[C@@H]1CCC(=O)N1. The lowest BCUT2D eigenvalue weighted by atomic mass is 9.94. The number of rotatable bonds is 11. The minimum Gasteiger partial charge on any atom is -0.481 e. The van der Waals surface area contributed by atoms with E-state index in [1.807, 2.05) is 56.3 Å². The second kappa shape index (κ2) is 14.7. The third-order valence-electron chi connectivity index (χ3n) is 9.06. The Morgan fingerprint density at radius 3 is 2.60 bits per heavy atom. The van der Waals surface area contributed by atoms with Crippen LogP contribution in [0.15, 0.2) is 54.7 Å². The van der Waals surface area contributed by atoms with Crippen LogP contribution < -0.4 is 15.4 Å². The van der Waals surface area contributed by atoms with Gasteiger partial charge in [0.2, 0.25) is 11.8 Å². The first kappa shape index (κ1) is 34.6. The number of benzene rings is 2. The Kier molecular flexibility index (Phi) is 10.6. The predicted molar refractivity (Wildman–Crippen MR) is 193 cm³/mol. The van der Waals surface area contributed by atoms with Crippen molar-refractivity contribution in [3.05, 3.63) is 86.5 Å². The van der Waals surface area contributed by atoms with Gasteiger partial charge in [0.1, 0.15) is 0 Å². The van der Waals surface area contributed by atoms with Crippen LogP contribution in [0.3, 0.4) is 0 Å². The lowest BCUT2D eigenvalue weighted by Crippen LogP contribution is -2.35. The first-order chi connectivity index (χ1) is 23.0. The monoisotopic (exact) mass is 707 g/mol. The average Bonchev–Trinajstić information content (AvgIpc) is 3.48. The quantitative estimate of drug-likeness (QED) is 0.150. The number of amides is 1. The summed E-state index contributed by atoms with van der Waals surface area (Å²) in [6.45, 7) is 7.35.